The number of carbonyl (C=O) groups excluding carboxylic acids is 1. The number of para-hydroxylation sites is 2. The van der Waals surface area contributed by atoms with E-state index in [9.17, 15) is 13.2 Å². The SMILES string of the molecule is O=C(CN(c1ccccc1)S(=O)(=O)c1ccccc1)N/N=C\c1cc2ccccc2nc1Cl. The van der Waals surface area contributed by atoms with Crippen molar-refractivity contribution in [3.05, 3.63) is 102 Å². The Kier molecular flexibility index (Phi) is 6.67. The summed E-state index contributed by atoms with van der Waals surface area (Å²) in [5, 5.41) is 5.05. The minimum atomic E-state index is -3.97. The lowest BCUT2D eigenvalue weighted by molar-refractivity contribution is -0.119. The monoisotopic (exact) mass is 478 g/mol. The molecule has 0 unspecified atom stereocenters. The average Bonchev–Trinajstić information content (AvgIpc) is 2.84. The Balaban J connectivity index is 1.54. The molecule has 0 aliphatic carbocycles. The lowest BCUT2D eigenvalue weighted by Gasteiger charge is -2.23. The number of benzene rings is 3. The average molecular weight is 479 g/mol. The van der Waals surface area contributed by atoms with Gasteiger partial charge in [-0.1, -0.05) is 66.2 Å². The predicted octanol–water partition coefficient (Wildman–Crippen LogP) is 4.23. The topological polar surface area (TPSA) is 91.7 Å². The third-order valence-corrected chi connectivity index (χ3v) is 6.85. The molecule has 3 aromatic carbocycles. The first kappa shape index (κ1) is 22.4. The summed E-state index contributed by atoms with van der Waals surface area (Å²) in [6.45, 7) is -0.456. The van der Waals surface area contributed by atoms with Gasteiger partial charge < -0.3 is 0 Å². The zero-order chi connectivity index (χ0) is 23.3. The van der Waals surface area contributed by atoms with Crippen molar-refractivity contribution in [1.29, 1.82) is 0 Å². The fourth-order valence-electron chi connectivity index (χ4n) is 3.17. The molecular weight excluding hydrogens is 460 g/mol. The van der Waals surface area contributed by atoms with Crippen LogP contribution in [0.4, 0.5) is 5.69 Å². The summed E-state index contributed by atoms with van der Waals surface area (Å²) in [5.41, 5.74) is 4.00. The number of sulfonamides is 1. The van der Waals surface area contributed by atoms with E-state index in [0.717, 1.165) is 15.2 Å². The molecule has 4 aromatic rings. The van der Waals surface area contributed by atoms with Crippen LogP contribution in [0.2, 0.25) is 5.15 Å². The van der Waals surface area contributed by atoms with E-state index in [-0.39, 0.29) is 10.0 Å². The number of fused-ring (bicyclic) bond motifs is 1. The predicted molar refractivity (Wildman–Crippen MR) is 130 cm³/mol. The van der Waals surface area contributed by atoms with Crippen LogP contribution in [0.1, 0.15) is 5.56 Å². The lowest BCUT2D eigenvalue weighted by Crippen LogP contribution is -2.39. The van der Waals surface area contributed by atoms with Gasteiger partial charge in [0.15, 0.2) is 0 Å². The highest BCUT2D eigenvalue weighted by Crippen LogP contribution is 2.23. The maximum absolute atomic E-state index is 13.2. The smallest absolute Gasteiger partial charge is 0.264 e. The molecule has 0 fully saturated rings. The Morgan fingerprint density at radius 3 is 2.33 bits per heavy atom. The summed E-state index contributed by atoms with van der Waals surface area (Å²) in [4.78, 5) is 17.0. The van der Waals surface area contributed by atoms with Gasteiger partial charge in [0, 0.05) is 10.9 Å². The fourth-order valence-corrected chi connectivity index (χ4v) is 4.80. The Labute approximate surface area is 196 Å². The van der Waals surface area contributed by atoms with Gasteiger partial charge in [0.25, 0.3) is 15.9 Å². The molecule has 1 aromatic heterocycles. The van der Waals surface area contributed by atoms with E-state index < -0.39 is 22.5 Å². The molecule has 0 saturated carbocycles. The molecule has 9 heteroatoms. The number of hydrogen-bond acceptors (Lipinski definition) is 5. The van der Waals surface area contributed by atoms with Crippen molar-refractivity contribution in [3.63, 3.8) is 0 Å². The van der Waals surface area contributed by atoms with Gasteiger partial charge in [0.2, 0.25) is 0 Å². The molecule has 1 amide bonds. The Morgan fingerprint density at radius 1 is 0.970 bits per heavy atom. The van der Waals surface area contributed by atoms with Gasteiger partial charge in [0.05, 0.1) is 22.3 Å². The summed E-state index contributed by atoms with van der Waals surface area (Å²) in [6, 6.07) is 25.6. The van der Waals surface area contributed by atoms with Gasteiger partial charge in [-0.25, -0.2) is 18.8 Å². The van der Waals surface area contributed by atoms with Crippen molar-refractivity contribution in [2.75, 3.05) is 10.8 Å². The van der Waals surface area contributed by atoms with Crippen LogP contribution in [0.25, 0.3) is 10.9 Å². The molecule has 0 bridgehead atoms. The molecule has 0 radical (unpaired) electrons. The number of halogens is 1. The Morgan fingerprint density at radius 2 is 1.61 bits per heavy atom. The minimum Gasteiger partial charge on any atom is -0.271 e. The number of hydrogen-bond donors (Lipinski definition) is 1. The molecule has 0 aliphatic heterocycles. The van der Waals surface area contributed by atoms with Crippen LogP contribution in [0, 0.1) is 0 Å². The van der Waals surface area contributed by atoms with Gasteiger partial charge in [0.1, 0.15) is 11.7 Å². The van der Waals surface area contributed by atoms with Crippen molar-refractivity contribution in [2.24, 2.45) is 5.10 Å². The fraction of sp³-hybridized carbons (Fsp3) is 0.0417. The van der Waals surface area contributed by atoms with E-state index in [1.807, 2.05) is 24.3 Å². The number of nitrogens with zero attached hydrogens (tertiary/aromatic N) is 3. The molecule has 0 atom stereocenters. The lowest BCUT2D eigenvalue weighted by atomic mass is 10.2. The highest BCUT2D eigenvalue weighted by Gasteiger charge is 2.26. The number of amides is 1. The molecular formula is C24H19ClN4O3S. The number of rotatable bonds is 7. The second kappa shape index (κ2) is 9.81. The van der Waals surface area contributed by atoms with Crippen LogP contribution >= 0.6 is 11.6 Å². The summed E-state index contributed by atoms with van der Waals surface area (Å²) in [7, 11) is -3.97. The summed E-state index contributed by atoms with van der Waals surface area (Å²) < 4.78 is 27.5. The zero-order valence-electron chi connectivity index (χ0n) is 17.3. The van der Waals surface area contributed by atoms with Crippen LogP contribution in [0.15, 0.2) is 101 Å². The molecule has 4 rings (SSSR count). The molecule has 1 heterocycles. The van der Waals surface area contributed by atoms with Gasteiger partial charge in [-0.05, 0) is 36.4 Å². The first-order chi connectivity index (χ1) is 15.9. The molecule has 0 spiro atoms. The highest BCUT2D eigenvalue weighted by molar-refractivity contribution is 7.92. The second-order valence-corrected chi connectivity index (χ2v) is 9.23. The van der Waals surface area contributed by atoms with Crippen LogP contribution in [-0.2, 0) is 14.8 Å². The van der Waals surface area contributed by atoms with Crippen molar-refractivity contribution < 1.29 is 13.2 Å². The number of aromatic nitrogens is 1. The maximum atomic E-state index is 13.2. The number of pyridine rings is 1. The molecule has 0 saturated heterocycles. The van der Waals surface area contributed by atoms with E-state index in [2.05, 4.69) is 15.5 Å². The number of anilines is 1. The number of hydrazone groups is 1. The van der Waals surface area contributed by atoms with Crippen molar-refractivity contribution >= 4 is 50.3 Å². The second-order valence-electron chi connectivity index (χ2n) is 7.01. The van der Waals surface area contributed by atoms with Gasteiger partial charge in [-0.3, -0.25) is 9.10 Å². The molecule has 1 N–H and O–H groups in total. The standard InChI is InChI=1S/C24H19ClN4O3S/c25-24-19(15-18-9-7-8-14-22(18)27-24)16-26-28-23(30)17-29(20-10-3-1-4-11-20)33(31,32)21-12-5-2-6-13-21/h1-16H,17H2,(H,28,30)/b26-16-. The first-order valence-corrected chi connectivity index (χ1v) is 11.8. The Hall–Kier alpha value is -3.75. The normalized spacial score (nSPS) is 11.5. The van der Waals surface area contributed by atoms with Crippen LogP contribution in [0.5, 0.6) is 0 Å². The first-order valence-electron chi connectivity index (χ1n) is 9.95. The van der Waals surface area contributed by atoms with Gasteiger partial charge in [-0.15, -0.1) is 0 Å². The molecule has 7 nitrogen and oxygen atoms in total. The quantitative estimate of drug-likeness (QED) is 0.244. The molecule has 166 valence electrons. The summed E-state index contributed by atoms with van der Waals surface area (Å²) >= 11 is 6.21. The van der Waals surface area contributed by atoms with Crippen LogP contribution < -0.4 is 9.73 Å². The van der Waals surface area contributed by atoms with E-state index >= 15 is 0 Å². The van der Waals surface area contributed by atoms with Crippen LogP contribution in [0.3, 0.4) is 0 Å². The van der Waals surface area contributed by atoms with E-state index in [1.54, 1.807) is 54.6 Å². The van der Waals surface area contributed by atoms with Gasteiger partial charge >= 0.3 is 0 Å². The largest absolute Gasteiger partial charge is 0.271 e. The number of carbonyl (C=O) groups is 1. The van der Waals surface area contributed by atoms with Gasteiger partial charge in [-0.2, -0.15) is 5.10 Å². The van der Waals surface area contributed by atoms with Crippen LogP contribution in [-0.4, -0.2) is 32.1 Å². The summed E-state index contributed by atoms with van der Waals surface area (Å²) in [5.74, 6) is -0.612. The number of nitrogens with one attached hydrogen (secondary N) is 1. The molecule has 33 heavy (non-hydrogen) atoms. The minimum absolute atomic E-state index is 0.0826. The summed E-state index contributed by atoms with van der Waals surface area (Å²) in [6.07, 6.45) is 1.37. The van der Waals surface area contributed by atoms with E-state index in [0.29, 0.717) is 11.3 Å². The van der Waals surface area contributed by atoms with Crippen molar-refractivity contribution in [3.8, 4) is 0 Å². The van der Waals surface area contributed by atoms with E-state index in [1.165, 1.54) is 18.3 Å². The van der Waals surface area contributed by atoms with Crippen molar-refractivity contribution in [1.82, 2.24) is 10.4 Å². The third-order valence-electron chi connectivity index (χ3n) is 4.76. The highest BCUT2D eigenvalue weighted by atomic mass is 35.5. The zero-order valence-corrected chi connectivity index (χ0v) is 18.9. The molecule has 0 aliphatic rings. The maximum Gasteiger partial charge on any atom is 0.264 e. The Bertz CT molecular complexity index is 1410. The third kappa shape index (κ3) is 5.19. The van der Waals surface area contributed by atoms with E-state index in [4.69, 9.17) is 11.6 Å². The van der Waals surface area contributed by atoms with Crippen molar-refractivity contribution in [2.45, 2.75) is 4.90 Å².